The van der Waals surface area contributed by atoms with Crippen molar-refractivity contribution in [2.45, 2.75) is 120 Å². The molecule has 0 saturated carbocycles. The topological polar surface area (TPSA) is 0 Å². The number of rotatable bonds is 0. The molecule has 0 fully saturated rings. The molecule has 5 aromatic carbocycles. The fraction of sp³-hybridized carbons (Fsp3) is 0.273. The van der Waals surface area contributed by atoms with Gasteiger partial charge < -0.3 is 0 Å². The van der Waals surface area contributed by atoms with Gasteiger partial charge >= 0.3 is 0 Å². The van der Waals surface area contributed by atoms with E-state index in [0.29, 0.717) is 0 Å². The summed E-state index contributed by atoms with van der Waals surface area (Å²) in [6.45, 7) is 43.8. The van der Waals surface area contributed by atoms with Crippen molar-refractivity contribution < 1.29 is 0 Å². The molecule has 72 heavy (non-hydrogen) atoms. The zero-order valence-corrected chi connectivity index (χ0v) is 53.3. The minimum atomic E-state index is -1.86. The molecule has 0 N–H and O–H groups in total. The van der Waals surface area contributed by atoms with Crippen LogP contribution in [-0.4, -0.2) is 48.4 Å². The van der Waals surface area contributed by atoms with Crippen LogP contribution >= 0.6 is 0 Å². The van der Waals surface area contributed by atoms with E-state index in [1.165, 1.54) is 98.0 Å². The molecule has 5 aromatic rings. The van der Waals surface area contributed by atoms with Gasteiger partial charge in [-0.1, -0.05) is 317 Å². The first-order valence-corrected chi connectivity index (χ1v) is 44.9. The Kier molecular flexibility index (Phi) is 16.1. The molecule has 6 heteroatoms. The minimum absolute atomic E-state index is 1.26. The second-order valence-electron chi connectivity index (χ2n) is 24.8. The highest BCUT2D eigenvalue weighted by Crippen LogP contribution is 2.30. The van der Waals surface area contributed by atoms with Gasteiger partial charge in [-0.15, -0.1) is 0 Å². The van der Waals surface area contributed by atoms with E-state index < -0.39 is 48.4 Å². The number of allylic oxidation sites excluding steroid dienone is 11. The Hall–Kier alpha value is -4.94. The Morgan fingerprint density at radius 1 is 0.236 bits per heavy atom. The molecule has 0 amide bonds. The Bertz CT molecular complexity index is 3100. The van der Waals surface area contributed by atoms with E-state index >= 15 is 0 Å². The first-order chi connectivity index (χ1) is 33.5. The molecule has 12 bridgehead atoms. The maximum absolute atomic E-state index is 2.61. The second-order valence-corrected chi connectivity index (χ2v) is 50.7. The molecular weight excluding hydrogens is 961 g/mol. The number of hydrogen-bond donors (Lipinski definition) is 0. The summed E-state index contributed by atoms with van der Waals surface area (Å²) in [4.78, 5) is 0. The largest absolute Gasteiger partial charge is 0.104 e. The van der Waals surface area contributed by atoms with Crippen LogP contribution in [0.5, 0.6) is 0 Å². The van der Waals surface area contributed by atoms with Gasteiger partial charge in [-0.25, -0.2) is 0 Å². The second kappa shape index (κ2) is 21.1. The minimum Gasteiger partial charge on any atom is -0.0871 e. The fourth-order valence-corrected chi connectivity index (χ4v) is 26.0. The summed E-state index contributed by atoms with van der Waals surface area (Å²) in [5.41, 5.74) is 31.8. The lowest BCUT2D eigenvalue weighted by Crippen LogP contribution is -2.41. The van der Waals surface area contributed by atoms with Gasteiger partial charge in [0.05, 0.1) is 0 Å². The lowest BCUT2D eigenvalue weighted by molar-refractivity contribution is 1.35. The summed E-state index contributed by atoms with van der Waals surface area (Å²) >= 11 is 0. The Morgan fingerprint density at radius 3 is 0.708 bits per heavy atom. The van der Waals surface area contributed by atoms with Gasteiger partial charge in [0.15, 0.2) is 0 Å². The molecule has 0 nitrogen and oxygen atoms in total. The van der Waals surface area contributed by atoms with E-state index in [1.807, 2.05) is 0 Å². The van der Waals surface area contributed by atoms with Crippen molar-refractivity contribution in [3.63, 3.8) is 0 Å². The van der Waals surface area contributed by atoms with Crippen molar-refractivity contribution in [1.82, 2.24) is 0 Å². The molecule has 7 aliphatic rings. The van der Waals surface area contributed by atoms with Gasteiger partial charge in [0.1, 0.15) is 48.4 Å². The van der Waals surface area contributed by atoms with E-state index in [0.717, 1.165) is 0 Å². The van der Waals surface area contributed by atoms with E-state index in [9.17, 15) is 0 Å². The van der Waals surface area contributed by atoms with Gasteiger partial charge in [-0.2, -0.15) is 0 Å². The normalized spacial score (nSPS) is 20.4. The molecule has 0 radical (unpaired) electrons. The maximum atomic E-state index is 2.61. The summed E-state index contributed by atoms with van der Waals surface area (Å²) in [5.74, 6) is 0. The molecule has 0 atom stereocenters. The molecule has 0 saturated heterocycles. The predicted octanol–water partition coefficient (Wildman–Crippen LogP) is 16.1. The van der Waals surface area contributed by atoms with Crippen LogP contribution in [0.4, 0.5) is 0 Å². The third-order valence-corrected chi connectivity index (χ3v) is 33.9. The SMILES string of the molecule is CC1=C[Si](C)(C)C2=C/C(=C/c3ccc(cc3)[Si](C)(C)C=C(C)C(C)=C[Si](C)(C)c3ccc(cc3)-c3ccc(cc3)[Si](C)(C)C=C(C)C(C)=C[Si](C)(C)c3ccc(cc3)-c3ccc(cc3)[Si](C)(C)C=C1C)C=C2. The van der Waals surface area contributed by atoms with Crippen LogP contribution < -0.4 is 25.9 Å². The molecule has 0 aromatic heterocycles. The number of hydrogen-bond acceptors (Lipinski definition) is 0. The van der Waals surface area contributed by atoms with E-state index in [-0.39, 0.29) is 0 Å². The highest BCUT2D eigenvalue weighted by Gasteiger charge is 2.28. The van der Waals surface area contributed by atoms with Crippen molar-refractivity contribution in [2.75, 3.05) is 0 Å². The summed E-state index contributed by atoms with van der Waals surface area (Å²) in [6.07, 6.45) is 9.49. The van der Waals surface area contributed by atoms with Gasteiger partial charge in [0, 0.05) is 0 Å². The van der Waals surface area contributed by atoms with Gasteiger partial charge in [-0.05, 0) is 81.0 Å². The average Bonchev–Trinajstić information content (AvgIpc) is 3.80. The first kappa shape index (κ1) is 54.8. The Labute approximate surface area is 443 Å². The average molecular weight is 1050 g/mol. The third kappa shape index (κ3) is 12.9. The molecule has 372 valence electrons. The molecule has 0 spiro atoms. The van der Waals surface area contributed by atoms with Crippen LogP contribution in [0.2, 0.25) is 78.6 Å². The van der Waals surface area contributed by atoms with Crippen LogP contribution in [0.15, 0.2) is 218 Å². The third-order valence-electron chi connectivity index (χ3n) is 16.0. The standard InChI is InChI=1S/C66H84Si6/c1-49-43-67(7,8)61-30-19-55(20-31-61)41-56-21-32-66(42-56)72(17,18)48-54(6)53(5)47-71(15,16)65-39-28-60(29-40-65)59-26-37-64(38-27-59)70(13,14)46-52(4)51(3)45-69(11,12)63-35-24-58(25-36-63)57-22-33-62(34-23-57)68(9,10)44-50(49)2/h19-48H,1-18H3/b49-43?,50-44?,51-45?,52-46?,53-47?,54-48?,56-41+. The van der Waals surface area contributed by atoms with Crippen LogP contribution in [0.1, 0.15) is 47.1 Å². The molecule has 6 aliphatic heterocycles. The van der Waals surface area contributed by atoms with Crippen molar-refractivity contribution in [1.29, 1.82) is 0 Å². The summed E-state index contributed by atoms with van der Waals surface area (Å²) < 4.78 is 0. The van der Waals surface area contributed by atoms with Crippen LogP contribution in [-0.2, 0) is 0 Å². The molecule has 6 heterocycles. The monoisotopic (exact) mass is 1040 g/mol. The zero-order valence-electron chi connectivity index (χ0n) is 47.3. The van der Waals surface area contributed by atoms with Gasteiger partial charge in [-0.3, -0.25) is 0 Å². The fourth-order valence-electron chi connectivity index (χ4n) is 11.0. The number of benzene rings is 5. The summed E-state index contributed by atoms with van der Waals surface area (Å²) in [7, 11) is -11.2. The van der Waals surface area contributed by atoms with Crippen molar-refractivity contribution in [3.05, 3.63) is 224 Å². The predicted molar refractivity (Wildman–Crippen MR) is 341 cm³/mol. The molecule has 0 unspecified atom stereocenters. The highest BCUT2D eigenvalue weighted by molar-refractivity contribution is 6.96. The summed E-state index contributed by atoms with van der Waals surface area (Å²) in [6, 6.07) is 47.3. The molecule has 1 aliphatic carbocycles. The maximum Gasteiger partial charge on any atom is 0.104 e. The number of fused-ring (bicyclic) bond motifs is 5. The molecule has 12 rings (SSSR count). The van der Waals surface area contributed by atoms with Crippen molar-refractivity contribution in [2.24, 2.45) is 0 Å². The first-order valence-electron chi connectivity index (χ1n) is 26.4. The van der Waals surface area contributed by atoms with Crippen LogP contribution in [0, 0.1) is 0 Å². The lowest BCUT2D eigenvalue weighted by Gasteiger charge is -2.24. The van der Waals surface area contributed by atoms with E-state index in [1.54, 1.807) is 0 Å². The Morgan fingerprint density at radius 2 is 0.458 bits per heavy atom. The van der Waals surface area contributed by atoms with Gasteiger partial charge in [0.25, 0.3) is 0 Å². The van der Waals surface area contributed by atoms with Crippen molar-refractivity contribution in [3.8, 4) is 22.3 Å². The van der Waals surface area contributed by atoms with Crippen LogP contribution in [0.3, 0.4) is 0 Å². The lowest BCUT2D eigenvalue weighted by atomic mass is 10.1. The Balaban J connectivity index is 1.22. The van der Waals surface area contributed by atoms with Crippen LogP contribution in [0.25, 0.3) is 28.3 Å². The van der Waals surface area contributed by atoms with E-state index in [2.05, 4.69) is 300 Å². The summed E-state index contributed by atoms with van der Waals surface area (Å²) in [5, 5.41) is 8.83. The zero-order chi connectivity index (χ0) is 52.6. The van der Waals surface area contributed by atoms with Gasteiger partial charge in [0.2, 0.25) is 0 Å². The van der Waals surface area contributed by atoms with Crippen molar-refractivity contribution >= 4 is 80.5 Å². The highest BCUT2D eigenvalue weighted by atomic mass is 28.3. The van der Waals surface area contributed by atoms with E-state index in [4.69, 9.17) is 0 Å². The quantitative estimate of drug-likeness (QED) is 0.136. The smallest absolute Gasteiger partial charge is 0.0871 e. The molecular formula is C66H84Si6.